The van der Waals surface area contributed by atoms with Crippen LogP contribution in [0.25, 0.3) is 0 Å². The Hall–Kier alpha value is -2.00. The largest absolute Gasteiger partial charge is 0.497 e. The van der Waals surface area contributed by atoms with Crippen LogP contribution in [0.1, 0.15) is 44.2 Å². The van der Waals surface area contributed by atoms with E-state index in [4.69, 9.17) is 9.47 Å². The zero-order valence-electron chi connectivity index (χ0n) is 23.2. The number of fused-ring (bicyclic) bond motifs is 2. The predicted octanol–water partition coefficient (Wildman–Crippen LogP) is 5.80. The third kappa shape index (κ3) is 11.5. The predicted molar refractivity (Wildman–Crippen MR) is 155 cm³/mol. The van der Waals surface area contributed by atoms with Gasteiger partial charge >= 0.3 is 0 Å². The highest BCUT2D eigenvalue weighted by molar-refractivity contribution is 7.99. The van der Waals surface area contributed by atoms with E-state index < -0.39 is 0 Å². The smallest absolute Gasteiger partial charge is 0.133 e. The molecule has 0 aliphatic carbocycles. The van der Waals surface area contributed by atoms with Crippen LogP contribution < -0.4 is 9.47 Å². The van der Waals surface area contributed by atoms with Crippen molar-refractivity contribution in [2.45, 2.75) is 56.0 Å². The molecule has 0 radical (unpaired) electrons. The molecule has 204 valence electrons. The molecule has 2 aromatic carbocycles. The highest BCUT2D eigenvalue weighted by Gasteiger charge is 2.13. The molecule has 0 fully saturated rings. The van der Waals surface area contributed by atoms with Gasteiger partial charge in [0.2, 0.25) is 0 Å². The van der Waals surface area contributed by atoms with Gasteiger partial charge in [-0.05, 0) is 68.5 Å². The Balaban J connectivity index is 0.000000201. The van der Waals surface area contributed by atoms with Crippen molar-refractivity contribution in [1.82, 2.24) is 9.80 Å². The number of ether oxygens (including phenoxy) is 2. The van der Waals surface area contributed by atoms with Crippen molar-refractivity contribution in [3.63, 3.8) is 0 Å². The number of carbonyl (C=O) groups excluding carboxylic acids is 2. The van der Waals surface area contributed by atoms with Gasteiger partial charge in [0.25, 0.3) is 0 Å². The minimum atomic E-state index is 0.0943. The molecule has 37 heavy (non-hydrogen) atoms. The maximum Gasteiger partial charge on any atom is 0.133 e. The van der Waals surface area contributed by atoms with E-state index in [1.807, 2.05) is 42.6 Å². The van der Waals surface area contributed by atoms with Crippen LogP contribution in [0.15, 0.2) is 46.2 Å². The van der Waals surface area contributed by atoms with E-state index in [1.54, 1.807) is 14.2 Å². The van der Waals surface area contributed by atoms with Crippen LogP contribution in [0, 0.1) is 0 Å². The van der Waals surface area contributed by atoms with Gasteiger partial charge in [0.15, 0.2) is 0 Å². The van der Waals surface area contributed by atoms with Crippen LogP contribution >= 0.6 is 23.5 Å². The third-order valence-corrected chi connectivity index (χ3v) is 8.22. The fraction of sp³-hybridized carbons (Fsp3) is 0.517. The van der Waals surface area contributed by atoms with E-state index in [0.717, 1.165) is 37.7 Å². The first-order chi connectivity index (χ1) is 17.7. The van der Waals surface area contributed by atoms with Crippen LogP contribution in [0.2, 0.25) is 0 Å². The van der Waals surface area contributed by atoms with Gasteiger partial charge in [-0.3, -0.25) is 4.79 Å². The van der Waals surface area contributed by atoms with Crippen LogP contribution in [-0.4, -0.2) is 74.3 Å². The van der Waals surface area contributed by atoms with Crippen molar-refractivity contribution in [2.75, 3.05) is 52.9 Å². The summed E-state index contributed by atoms with van der Waals surface area (Å²) in [6.07, 6.45) is 1.38. The zero-order valence-corrected chi connectivity index (χ0v) is 24.8. The second-order valence-electron chi connectivity index (χ2n) is 9.21. The number of hydrogen-bond donors (Lipinski definition) is 0. The van der Waals surface area contributed by atoms with Gasteiger partial charge in [-0.25, -0.2) is 0 Å². The SMILES string of the molecule is CCC(=O)CCC(C)=O.COc1ccc2c(c1)CN(C)CCS2.COc1ccc2c(c1)CN(C)CCS2. The summed E-state index contributed by atoms with van der Waals surface area (Å²) in [5, 5.41) is 0. The summed E-state index contributed by atoms with van der Waals surface area (Å²) in [5.74, 6) is 4.53. The average Bonchev–Trinajstić information content (AvgIpc) is 3.20. The van der Waals surface area contributed by atoms with E-state index in [1.165, 1.54) is 39.3 Å². The van der Waals surface area contributed by atoms with E-state index in [-0.39, 0.29) is 11.6 Å². The summed E-state index contributed by atoms with van der Waals surface area (Å²) in [6, 6.07) is 12.7. The summed E-state index contributed by atoms with van der Waals surface area (Å²) in [4.78, 5) is 28.4. The summed E-state index contributed by atoms with van der Waals surface area (Å²) in [7, 11) is 7.76. The number of hydrogen-bond acceptors (Lipinski definition) is 8. The molecule has 0 bridgehead atoms. The molecule has 8 heteroatoms. The van der Waals surface area contributed by atoms with Crippen molar-refractivity contribution >= 4 is 35.1 Å². The van der Waals surface area contributed by atoms with Crippen LogP contribution in [-0.2, 0) is 22.7 Å². The maximum atomic E-state index is 10.6. The molecular formula is C29H42N2O4S2. The second kappa shape index (κ2) is 16.8. The van der Waals surface area contributed by atoms with Crippen molar-refractivity contribution in [3.05, 3.63) is 47.5 Å². The van der Waals surface area contributed by atoms with E-state index in [0.29, 0.717) is 19.3 Å². The molecule has 0 amide bonds. The van der Waals surface area contributed by atoms with Gasteiger partial charge < -0.3 is 24.1 Å². The Kier molecular flexibility index (Phi) is 14.1. The number of nitrogens with zero attached hydrogens (tertiary/aromatic N) is 2. The quantitative estimate of drug-likeness (QED) is 0.451. The molecule has 2 aromatic rings. The van der Waals surface area contributed by atoms with Crippen LogP contribution in [0.4, 0.5) is 0 Å². The Bertz CT molecular complexity index is 950. The Labute approximate surface area is 231 Å². The van der Waals surface area contributed by atoms with Crippen LogP contribution in [0.5, 0.6) is 11.5 Å². The monoisotopic (exact) mass is 546 g/mol. The number of benzene rings is 2. The Morgan fingerprint density at radius 2 is 1.27 bits per heavy atom. The van der Waals surface area contributed by atoms with E-state index in [2.05, 4.69) is 48.2 Å². The molecule has 0 N–H and O–H groups in total. The Morgan fingerprint density at radius 3 is 1.65 bits per heavy atom. The first kappa shape index (κ1) is 31.2. The van der Waals surface area contributed by atoms with Gasteiger partial charge in [0.1, 0.15) is 23.1 Å². The fourth-order valence-electron chi connectivity index (χ4n) is 3.75. The summed E-state index contributed by atoms with van der Waals surface area (Å²) < 4.78 is 10.5. The molecular weight excluding hydrogens is 504 g/mol. The van der Waals surface area contributed by atoms with Gasteiger partial charge in [0, 0.05) is 66.7 Å². The minimum absolute atomic E-state index is 0.0943. The van der Waals surface area contributed by atoms with E-state index >= 15 is 0 Å². The molecule has 6 nitrogen and oxygen atoms in total. The van der Waals surface area contributed by atoms with Crippen molar-refractivity contribution < 1.29 is 19.1 Å². The lowest BCUT2D eigenvalue weighted by molar-refractivity contribution is -0.123. The van der Waals surface area contributed by atoms with Gasteiger partial charge in [-0.1, -0.05) is 6.92 Å². The number of methoxy groups -OCH3 is 2. The molecule has 0 saturated carbocycles. The van der Waals surface area contributed by atoms with Gasteiger partial charge in [0.05, 0.1) is 14.2 Å². The van der Waals surface area contributed by atoms with Crippen molar-refractivity contribution in [3.8, 4) is 11.5 Å². The van der Waals surface area contributed by atoms with Gasteiger partial charge in [-0.15, -0.1) is 23.5 Å². The summed E-state index contributed by atoms with van der Waals surface area (Å²) in [5.41, 5.74) is 2.77. The first-order valence-electron chi connectivity index (χ1n) is 12.7. The molecule has 0 atom stereocenters. The number of carbonyl (C=O) groups is 2. The average molecular weight is 547 g/mol. The second-order valence-corrected chi connectivity index (χ2v) is 11.5. The third-order valence-electron chi connectivity index (χ3n) is 6.03. The summed E-state index contributed by atoms with van der Waals surface area (Å²) >= 11 is 3.87. The topological polar surface area (TPSA) is 59.1 Å². The van der Waals surface area contributed by atoms with Gasteiger partial charge in [-0.2, -0.15) is 0 Å². The molecule has 2 heterocycles. The lowest BCUT2D eigenvalue weighted by Crippen LogP contribution is -2.18. The maximum absolute atomic E-state index is 10.6. The first-order valence-corrected chi connectivity index (χ1v) is 14.7. The molecule has 2 aliphatic heterocycles. The Morgan fingerprint density at radius 1 is 0.811 bits per heavy atom. The molecule has 0 spiro atoms. The highest BCUT2D eigenvalue weighted by Crippen LogP contribution is 2.30. The molecule has 4 rings (SSSR count). The number of thioether (sulfide) groups is 2. The standard InChI is InChI=1S/2C11H15NOS.C7H12O2/c2*1-12-5-6-14-11-4-3-10(13-2)7-9(11)8-12;1-3-7(9)5-4-6(2)8/h2*3-4,7H,5-6,8H2,1-2H3;3-5H2,1-2H3. The van der Waals surface area contributed by atoms with Crippen molar-refractivity contribution in [1.29, 1.82) is 0 Å². The lowest BCUT2D eigenvalue weighted by Gasteiger charge is -2.13. The van der Waals surface area contributed by atoms with Crippen molar-refractivity contribution in [2.24, 2.45) is 0 Å². The highest BCUT2D eigenvalue weighted by atomic mass is 32.2. The molecule has 0 unspecified atom stereocenters. The molecule has 0 aromatic heterocycles. The number of ketones is 2. The van der Waals surface area contributed by atoms with E-state index in [9.17, 15) is 9.59 Å². The number of rotatable bonds is 6. The normalized spacial score (nSPS) is 15.3. The minimum Gasteiger partial charge on any atom is -0.497 e. The molecule has 2 aliphatic rings. The fourth-order valence-corrected chi connectivity index (χ4v) is 5.94. The summed E-state index contributed by atoms with van der Waals surface area (Å²) in [6.45, 7) is 7.67. The lowest BCUT2D eigenvalue weighted by atomic mass is 10.1. The number of Topliss-reactive ketones (excluding diaryl/α,β-unsaturated/α-hetero) is 2. The zero-order chi connectivity index (χ0) is 27.2. The van der Waals surface area contributed by atoms with Crippen LogP contribution in [0.3, 0.4) is 0 Å². The molecule has 0 saturated heterocycles.